The van der Waals surface area contributed by atoms with Crippen LogP contribution in [0.3, 0.4) is 0 Å². The molecule has 192 valence electrons. The molecule has 0 bridgehead atoms. The first-order valence-corrected chi connectivity index (χ1v) is 13.0. The predicted octanol–water partition coefficient (Wildman–Crippen LogP) is 3.69. The Morgan fingerprint density at radius 2 is 1.60 bits per heavy atom. The molecule has 1 atom stereocenters. The van der Waals surface area contributed by atoms with Crippen LogP contribution in [0.2, 0.25) is 10.0 Å². The average Bonchev–Trinajstić information content (AvgIpc) is 2.79. The molecule has 0 aliphatic rings. The highest BCUT2D eigenvalue weighted by Gasteiger charge is 2.34. The summed E-state index contributed by atoms with van der Waals surface area (Å²) in [4.78, 5) is 27.7. The number of hydrogen-bond acceptors (Lipinski definition) is 4. The molecule has 0 aromatic heterocycles. The van der Waals surface area contributed by atoms with Crippen LogP contribution in [0.5, 0.6) is 0 Å². The number of carbonyl (C=O) groups excluding carboxylic acids is 2. The van der Waals surface area contributed by atoms with Crippen LogP contribution >= 0.6 is 23.2 Å². The van der Waals surface area contributed by atoms with Crippen molar-refractivity contribution in [1.29, 1.82) is 0 Å². The summed E-state index contributed by atoms with van der Waals surface area (Å²) in [6, 6.07) is 8.69. The van der Waals surface area contributed by atoms with Gasteiger partial charge in [0, 0.05) is 42.8 Å². The van der Waals surface area contributed by atoms with E-state index < -0.39 is 40.4 Å². The number of rotatable bonds is 11. The van der Waals surface area contributed by atoms with Gasteiger partial charge in [-0.25, -0.2) is 8.70 Å². The van der Waals surface area contributed by atoms with Crippen molar-refractivity contribution >= 4 is 50.9 Å². The zero-order chi connectivity index (χ0) is 26.3. The van der Waals surface area contributed by atoms with Crippen molar-refractivity contribution in [3.63, 3.8) is 0 Å². The lowest BCUT2D eigenvalue weighted by molar-refractivity contribution is -0.140. The van der Waals surface area contributed by atoms with Crippen molar-refractivity contribution in [1.82, 2.24) is 14.5 Å². The number of carbonyl (C=O) groups is 2. The maximum atomic E-state index is 13.7. The summed E-state index contributed by atoms with van der Waals surface area (Å²) >= 11 is 12.7. The Balaban J connectivity index is 2.55. The molecule has 2 aromatic rings. The van der Waals surface area contributed by atoms with Crippen molar-refractivity contribution in [2.75, 3.05) is 31.5 Å². The van der Waals surface area contributed by atoms with Crippen molar-refractivity contribution in [2.24, 2.45) is 0 Å². The third-order valence-electron chi connectivity index (χ3n) is 5.26. The van der Waals surface area contributed by atoms with Gasteiger partial charge in [0.2, 0.25) is 11.8 Å². The molecule has 0 aliphatic carbocycles. The second-order valence-corrected chi connectivity index (χ2v) is 10.7. The normalized spacial score (nSPS) is 12.3. The smallest absolute Gasteiger partial charge is 0.304 e. The van der Waals surface area contributed by atoms with Crippen LogP contribution in [0.4, 0.5) is 10.1 Å². The van der Waals surface area contributed by atoms with Gasteiger partial charge < -0.3 is 10.2 Å². The number of hydrogen-bond donors (Lipinski definition) is 1. The molecular formula is C23H29Cl2FN4O4S. The second-order valence-electron chi connectivity index (χ2n) is 7.81. The molecule has 8 nitrogen and oxygen atoms in total. The summed E-state index contributed by atoms with van der Waals surface area (Å²) < 4.78 is 41.5. The summed E-state index contributed by atoms with van der Waals surface area (Å²) in [6.07, 6.45) is 0.261. The van der Waals surface area contributed by atoms with Crippen molar-refractivity contribution in [3.05, 3.63) is 63.9 Å². The van der Waals surface area contributed by atoms with E-state index in [2.05, 4.69) is 5.32 Å². The number of benzene rings is 2. The number of anilines is 1. The Bertz CT molecular complexity index is 1130. The van der Waals surface area contributed by atoms with Gasteiger partial charge in [0.05, 0.1) is 5.69 Å². The molecule has 35 heavy (non-hydrogen) atoms. The maximum Gasteiger partial charge on any atom is 0.304 e. The number of halogens is 3. The molecule has 1 N–H and O–H groups in total. The highest BCUT2D eigenvalue weighted by molar-refractivity contribution is 7.90. The Hall–Kier alpha value is -2.40. The molecule has 12 heteroatoms. The Kier molecular flexibility index (Phi) is 10.3. The number of nitrogens with one attached hydrogen (secondary N) is 1. The summed E-state index contributed by atoms with van der Waals surface area (Å²) in [7, 11) is -1.50. The van der Waals surface area contributed by atoms with E-state index in [1.165, 1.54) is 31.1 Å². The largest absolute Gasteiger partial charge is 0.355 e. The van der Waals surface area contributed by atoms with Gasteiger partial charge in [-0.2, -0.15) is 12.7 Å². The Morgan fingerprint density at radius 3 is 2.09 bits per heavy atom. The third kappa shape index (κ3) is 7.07. The fraction of sp³-hybridized carbons (Fsp3) is 0.391. The van der Waals surface area contributed by atoms with E-state index in [1.54, 1.807) is 32.0 Å². The molecule has 1 unspecified atom stereocenters. The lowest BCUT2D eigenvalue weighted by Gasteiger charge is -2.34. The predicted molar refractivity (Wildman–Crippen MR) is 136 cm³/mol. The molecule has 2 aromatic carbocycles. The van der Waals surface area contributed by atoms with Gasteiger partial charge in [-0.1, -0.05) is 36.2 Å². The zero-order valence-electron chi connectivity index (χ0n) is 20.0. The van der Waals surface area contributed by atoms with E-state index in [0.717, 1.165) is 20.7 Å². The highest BCUT2D eigenvalue weighted by Crippen LogP contribution is 2.28. The van der Waals surface area contributed by atoms with Crippen molar-refractivity contribution < 1.29 is 22.4 Å². The quantitative estimate of drug-likeness (QED) is 0.465. The van der Waals surface area contributed by atoms with Gasteiger partial charge >= 0.3 is 10.2 Å². The first-order valence-electron chi connectivity index (χ1n) is 10.9. The number of likely N-dealkylation sites (N-methyl/N-ethyl adjacent to an activating group) is 1. The molecule has 0 spiro atoms. The van der Waals surface area contributed by atoms with Crippen molar-refractivity contribution in [2.45, 2.75) is 32.9 Å². The van der Waals surface area contributed by atoms with Crippen LogP contribution in [0.25, 0.3) is 0 Å². The van der Waals surface area contributed by atoms with Gasteiger partial charge in [0.1, 0.15) is 18.4 Å². The molecule has 0 fully saturated rings. The van der Waals surface area contributed by atoms with E-state index in [9.17, 15) is 22.4 Å². The minimum atomic E-state index is -4.14. The first-order chi connectivity index (χ1) is 16.4. The van der Waals surface area contributed by atoms with Crippen LogP contribution in [0, 0.1) is 5.82 Å². The third-order valence-corrected chi connectivity index (χ3v) is 7.79. The molecular weight excluding hydrogens is 518 g/mol. The summed E-state index contributed by atoms with van der Waals surface area (Å²) in [5.74, 6) is -1.61. The van der Waals surface area contributed by atoms with Crippen molar-refractivity contribution in [3.8, 4) is 0 Å². The van der Waals surface area contributed by atoms with Crippen LogP contribution in [-0.4, -0.2) is 62.7 Å². The molecule has 0 heterocycles. The lowest BCUT2D eigenvalue weighted by atomic mass is 10.1. The summed E-state index contributed by atoms with van der Waals surface area (Å²) in [6.45, 7) is 3.08. The highest BCUT2D eigenvalue weighted by atomic mass is 35.5. The van der Waals surface area contributed by atoms with Crippen LogP contribution in [-0.2, 0) is 26.3 Å². The van der Waals surface area contributed by atoms with E-state index in [1.807, 2.05) is 0 Å². The van der Waals surface area contributed by atoms with Crippen LogP contribution < -0.4 is 9.62 Å². The molecule has 0 saturated heterocycles. The van der Waals surface area contributed by atoms with Crippen LogP contribution in [0.15, 0.2) is 42.5 Å². The number of amides is 2. The molecule has 2 rings (SSSR count). The molecule has 0 saturated carbocycles. The van der Waals surface area contributed by atoms with Crippen LogP contribution in [0.1, 0.15) is 25.8 Å². The summed E-state index contributed by atoms with van der Waals surface area (Å²) in [5.41, 5.74) is 0.519. The standard InChI is InChI=1S/C23H29Cl2FN4O4S/c1-5-21(23(32)27-6-2)29(14-18-19(24)8-7-9-20(18)25)22(31)15-30(35(33,34)28(3)4)17-12-10-16(26)11-13-17/h7-13,21H,5-6,14-15H2,1-4H3,(H,27,32). The average molecular weight is 547 g/mol. The van der Waals surface area contributed by atoms with Gasteiger partial charge in [-0.05, 0) is 49.7 Å². The monoisotopic (exact) mass is 546 g/mol. The number of nitrogens with zero attached hydrogens (tertiary/aromatic N) is 3. The fourth-order valence-corrected chi connectivity index (χ4v) is 4.96. The minimum Gasteiger partial charge on any atom is -0.355 e. The zero-order valence-corrected chi connectivity index (χ0v) is 22.3. The van der Waals surface area contributed by atoms with Gasteiger partial charge in [0.25, 0.3) is 0 Å². The van der Waals surface area contributed by atoms with E-state index in [-0.39, 0.29) is 18.7 Å². The lowest BCUT2D eigenvalue weighted by Crippen LogP contribution is -2.53. The van der Waals surface area contributed by atoms with Gasteiger partial charge in [0.15, 0.2) is 0 Å². The van der Waals surface area contributed by atoms with E-state index in [4.69, 9.17) is 23.2 Å². The second kappa shape index (κ2) is 12.5. The van der Waals surface area contributed by atoms with Gasteiger partial charge in [-0.3, -0.25) is 9.59 Å². The minimum absolute atomic E-state index is 0.0928. The molecule has 0 radical (unpaired) electrons. The van der Waals surface area contributed by atoms with Gasteiger partial charge in [-0.15, -0.1) is 0 Å². The Labute approximate surface area is 215 Å². The fourth-order valence-electron chi connectivity index (χ4n) is 3.39. The SMILES string of the molecule is CCNC(=O)C(CC)N(Cc1c(Cl)cccc1Cl)C(=O)CN(c1ccc(F)cc1)S(=O)(=O)N(C)C. The maximum absolute atomic E-state index is 13.7. The topological polar surface area (TPSA) is 90.0 Å². The first kappa shape index (κ1) is 28.8. The summed E-state index contributed by atoms with van der Waals surface area (Å²) in [5, 5.41) is 3.31. The van der Waals surface area contributed by atoms with E-state index >= 15 is 0 Å². The Morgan fingerprint density at radius 1 is 1.03 bits per heavy atom. The molecule has 2 amide bonds. The molecule has 0 aliphatic heterocycles. The van der Waals surface area contributed by atoms with E-state index in [0.29, 0.717) is 22.2 Å².